The molecule has 1 aromatic heterocycles. The van der Waals surface area contributed by atoms with Gasteiger partial charge in [-0.1, -0.05) is 30.3 Å². The second-order valence-corrected chi connectivity index (χ2v) is 5.25. The lowest BCUT2D eigenvalue weighted by atomic mass is 10.0. The van der Waals surface area contributed by atoms with Gasteiger partial charge >= 0.3 is 12.2 Å². The molecule has 0 bridgehead atoms. The van der Waals surface area contributed by atoms with E-state index in [-0.39, 0.29) is 15.4 Å². The van der Waals surface area contributed by atoms with Crippen molar-refractivity contribution in [2.75, 3.05) is 5.32 Å². The van der Waals surface area contributed by atoms with Crippen molar-refractivity contribution < 1.29 is 22.8 Å². The van der Waals surface area contributed by atoms with Crippen molar-refractivity contribution in [3.63, 3.8) is 0 Å². The van der Waals surface area contributed by atoms with E-state index in [4.69, 9.17) is 11.5 Å². The Morgan fingerprint density at radius 2 is 1.68 bits per heavy atom. The first-order valence-electron chi connectivity index (χ1n) is 5.87. The SMILES string of the molecule is NC(=O)Nc1sc(-c2ccccc2)c(C(F)(F)F)c1C(N)=O. The maximum atomic E-state index is 13.4. The number of urea groups is 1. The molecule has 0 spiro atoms. The Morgan fingerprint density at radius 1 is 1.09 bits per heavy atom. The van der Waals surface area contributed by atoms with Crippen LogP contribution >= 0.6 is 11.3 Å². The highest BCUT2D eigenvalue weighted by Crippen LogP contribution is 2.47. The summed E-state index contributed by atoms with van der Waals surface area (Å²) in [5, 5.41) is 1.69. The number of rotatable bonds is 3. The normalized spacial score (nSPS) is 11.2. The number of hydrogen-bond donors (Lipinski definition) is 3. The van der Waals surface area contributed by atoms with Crippen molar-refractivity contribution in [3.8, 4) is 10.4 Å². The molecule has 2 rings (SSSR count). The molecule has 5 nitrogen and oxygen atoms in total. The number of amides is 3. The van der Waals surface area contributed by atoms with Gasteiger partial charge in [0.15, 0.2) is 0 Å². The van der Waals surface area contributed by atoms with Gasteiger partial charge in [-0.3, -0.25) is 10.1 Å². The fraction of sp³-hybridized carbons (Fsp3) is 0.0769. The average molecular weight is 329 g/mol. The molecule has 0 aliphatic rings. The van der Waals surface area contributed by atoms with Crippen LogP contribution in [0.2, 0.25) is 0 Å². The van der Waals surface area contributed by atoms with E-state index in [0.29, 0.717) is 11.3 Å². The number of nitrogens with two attached hydrogens (primary N) is 2. The van der Waals surface area contributed by atoms with Crippen molar-refractivity contribution in [3.05, 3.63) is 41.5 Å². The predicted molar refractivity (Wildman–Crippen MR) is 76.5 cm³/mol. The first-order valence-corrected chi connectivity index (χ1v) is 6.69. The van der Waals surface area contributed by atoms with Gasteiger partial charge in [0.2, 0.25) is 0 Å². The van der Waals surface area contributed by atoms with Crippen molar-refractivity contribution in [2.24, 2.45) is 11.5 Å². The predicted octanol–water partition coefficient (Wildman–Crippen LogP) is 3.02. The highest BCUT2D eigenvalue weighted by Gasteiger charge is 2.41. The average Bonchev–Trinajstić information content (AvgIpc) is 2.78. The van der Waals surface area contributed by atoms with E-state index in [1.165, 1.54) is 12.1 Å². The monoisotopic (exact) mass is 329 g/mol. The molecule has 116 valence electrons. The second-order valence-electron chi connectivity index (χ2n) is 4.23. The van der Waals surface area contributed by atoms with Crippen LogP contribution < -0.4 is 16.8 Å². The van der Waals surface area contributed by atoms with Crippen molar-refractivity contribution >= 4 is 28.3 Å². The van der Waals surface area contributed by atoms with Gasteiger partial charge in [0.05, 0.1) is 11.1 Å². The van der Waals surface area contributed by atoms with Crippen molar-refractivity contribution in [1.82, 2.24) is 0 Å². The maximum Gasteiger partial charge on any atom is 0.418 e. The molecule has 0 saturated heterocycles. The van der Waals surface area contributed by atoms with Gasteiger partial charge in [0.25, 0.3) is 5.91 Å². The Labute approximate surface area is 126 Å². The zero-order valence-corrected chi connectivity index (χ0v) is 11.7. The summed E-state index contributed by atoms with van der Waals surface area (Å²) in [6.07, 6.45) is -4.82. The van der Waals surface area contributed by atoms with Crippen LogP contribution in [0, 0.1) is 0 Å². The van der Waals surface area contributed by atoms with E-state index < -0.39 is 29.2 Å². The summed E-state index contributed by atoms with van der Waals surface area (Å²) >= 11 is 0.590. The number of halogens is 3. The molecule has 0 aliphatic carbocycles. The summed E-state index contributed by atoms with van der Waals surface area (Å²) in [5.41, 5.74) is 8.25. The van der Waals surface area contributed by atoms with Gasteiger partial charge in [-0.25, -0.2) is 4.79 Å². The van der Waals surface area contributed by atoms with Gasteiger partial charge in [0.1, 0.15) is 5.00 Å². The molecule has 2 aromatic rings. The van der Waals surface area contributed by atoms with E-state index in [1.54, 1.807) is 18.2 Å². The van der Waals surface area contributed by atoms with Gasteiger partial charge < -0.3 is 11.5 Å². The van der Waals surface area contributed by atoms with E-state index in [0.717, 1.165) is 0 Å². The zero-order chi connectivity index (χ0) is 16.5. The third kappa shape index (κ3) is 3.03. The first-order chi connectivity index (χ1) is 10.2. The van der Waals surface area contributed by atoms with Crippen LogP contribution in [-0.2, 0) is 6.18 Å². The summed E-state index contributed by atoms with van der Waals surface area (Å²) in [7, 11) is 0. The Morgan fingerprint density at radius 3 is 2.14 bits per heavy atom. The van der Waals surface area contributed by atoms with Crippen LogP contribution in [0.3, 0.4) is 0 Å². The molecule has 0 unspecified atom stereocenters. The molecule has 0 saturated carbocycles. The van der Waals surface area contributed by atoms with E-state index in [2.05, 4.69) is 0 Å². The fourth-order valence-electron chi connectivity index (χ4n) is 1.93. The number of nitrogens with one attached hydrogen (secondary N) is 1. The first kappa shape index (κ1) is 15.8. The third-order valence-electron chi connectivity index (χ3n) is 2.71. The van der Waals surface area contributed by atoms with Crippen LogP contribution in [0.25, 0.3) is 10.4 Å². The standard InChI is InChI=1S/C13H10F3N3O2S/c14-13(15,16)8-7(10(17)20)11(19-12(18)21)22-9(8)6-4-2-1-3-5-6/h1-5H,(H2,17,20)(H3,18,19,21). The lowest BCUT2D eigenvalue weighted by Crippen LogP contribution is -2.23. The minimum absolute atomic E-state index is 0.217. The zero-order valence-electron chi connectivity index (χ0n) is 10.9. The number of carbonyl (C=O) groups is 2. The van der Waals surface area contributed by atoms with Crippen molar-refractivity contribution in [1.29, 1.82) is 0 Å². The number of primary amides is 2. The molecule has 22 heavy (non-hydrogen) atoms. The molecule has 1 aromatic carbocycles. The van der Waals surface area contributed by atoms with Gasteiger partial charge in [-0.05, 0) is 5.56 Å². The number of hydrogen-bond acceptors (Lipinski definition) is 3. The molecule has 5 N–H and O–H groups in total. The Kier molecular flexibility index (Phi) is 4.09. The molecule has 0 radical (unpaired) electrons. The van der Waals surface area contributed by atoms with Crippen LogP contribution in [0.5, 0.6) is 0 Å². The Balaban J connectivity index is 2.78. The summed E-state index contributed by atoms with van der Waals surface area (Å²) < 4.78 is 40.1. The number of benzene rings is 1. The lowest BCUT2D eigenvalue weighted by Gasteiger charge is -2.10. The maximum absolute atomic E-state index is 13.4. The summed E-state index contributed by atoms with van der Waals surface area (Å²) in [4.78, 5) is 22.2. The van der Waals surface area contributed by atoms with Crippen LogP contribution in [0.15, 0.2) is 30.3 Å². The second kappa shape index (κ2) is 5.68. The van der Waals surface area contributed by atoms with E-state index >= 15 is 0 Å². The molecule has 1 heterocycles. The van der Waals surface area contributed by atoms with Gasteiger partial charge in [-0.2, -0.15) is 13.2 Å². The Bertz CT molecular complexity index is 726. The largest absolute Gasteiger partial charge is 0.418 e. The van der Waals surface area contributed by atoms with Gasteiger partial charge in [-0.15, -0.1) is 11.3 Å². The van der Waals surface area contributed by atoms with Crippen LogP contribution in [0.4, 0.5) is 23.0 Å². The van der Waals surface area contributed by atoms with Crippen LogP contribution in [0.1, 0.15) is 15.9 Å². The number of carbonyl (C=O) groups excluding carboxylic acids is 2. The molecule has 0 aliphatic heterocycles. The molecule has 0 atom stereocenters. The fourth-order valence-corrected chi connectivity index (χ4v) is 3.16. The summed E-state index contributed by atoms with van der Waals surface area (Å²) in [5.74, 6) is -1.30. The number of thiophene rings is 1. The lowest BCUT2D eigenvalue weighted by molar-refractivity contribution is -0.137. The molecule has 0 fully saturated rings. The number of anilines is 1. The topological polar surface area (TPSA) is 98.2 Å². The third-order valence-corrected chi connectivity index (χ3v) is 3.87. The Hall–Kier alpha value is -2.55. The highest BCUT2D eigenvalue weighted by atomic mass is 32.1. The molecular weight excluding hydrogens is 319 g/mol. The molecule has 9 heteroatoms. The number of alkyl halides is 3. The molecular formula is C13H10F3N3O2S. The minimum Gasteiger partial charge on any atom is -0.365 e. The summed E-state index contributed by atoms with van der Waals surface area (Å²) in [6, 6.07) is 6.58. The quantitative estimate of drug-likeness (QED) is 0.806. The van der Waals surface area contributed by atoms with Gasteiger partial charge in [0, 0.05) is 4.88 Å². The molecule has 3 amide bonds. The van der Waals surface area contributed by atoms with E-state index in [9.17, 15) is 22.8 Å². The smallest absolute Gasteiger partial charge is 0.365 e. The van der Waals surface area contributed by atoms with Crippen molar-refractivity contribution in [2.45, 2.75) is 6.18 Å². The van der Waals surface area contributed by atoms with E-state index in [1.807, 2.05) is 5.32 Å². The highest BCUT2D eigenvalue weighted by molar-refractivity contribution is 7.20. The minimum atomic E-state index is -4.82. The summed E-state index contributed by atoms with van der Waals surface area (Å²) in [6.45, 7) is 0. The van der Waals surface area contributed by atoms with Crippen LogP contribution in [-0.4, -0.2) is 11.9 Å².